The third-order valence-corrected chi connectivity index (χ3v) is 6.56. The summed E-state index contributed by atoms with van der Waals surface area (Å²) in [7, 11) is 0. The minimum Gasteiger partial charge on any atom is -0.490 e. The summed E-state index contributed by atoms with van der Waals surface area (Å²) in [5.41, 5.74) is 2.11. The molecule has 1 fully saturated rings. The summed E-state index contributed by atoms with van der Waals surface area (Å²) in [4.78, 5) is 16.2. The van der Waals surface area contributed by atoms with E-state index >= 15 is 0 Å². The molecule has 0 bridgehead atoms. The Bertz CT molecular complexity index is 1120. The van der Waals surface area contributed by atoms with Gasteiger partial charge in [-0.05, 0) is 80.7 Å². The third-order valence-electron chi connectivity index (χ3n) is 6.56. The second kappa shape index (κ2) is 12.6. The lowest BCUT2D eigenvalue weighted by Gasteiger charge is -2.27. The van der Waals surface area contributed by atoms with Crippen molar-refractivity contribution < 1.29 is 23.8 Å². The van der Waals surface area contributed by atoms with Gasteiger partial charge in [0.2, 0.25) is 0 Å². The van der Waals surface area contributed by atoms with Crippen LogP contribution in [0.25, 0.3) is 0 Å². The van der Waals surface area contributed by atoms with Crippen LogP contribution in [0.1, 0.15) is 57.4 Å². The maximum Gasteiger partial charge on any atom is 0.266 e. The number of hydrogen-bond donors (Lipinski definition) is 3. The van der Waals surface area contributed by atoms with Gasteiger partial charge < -0.3 is 19.9 Å². The van der Waals surface area contributed by atoms with Crippen LogP contribution in [0.5, 0.6) is 11.5 Å². The summed E-state index contributed by atoms with van der Waals surface area (Å²) in [5.74, 6) is 1.12. The fourth-order valence-corrected chi connectivity index (χ4v) is 3.95. The topological polar surface area (TPSA) is 117 Å². The van der Waals surface area contributed by atoms with Gasteiger partial charge in [-0.25, -0.2) is 9.37 Å². The van der Waals surface area contributed by atoms with Crippen LogP contribution in [0.15, 0.2) is 59.1 Å². The average molecular weight is 512 g/mol. The van der Waals surface area contributed by atoms with Crippen LogP contribution in [0.3, 0.4) is 0 Å². The number of carbonyl (C=O) groups is 1. The van der Waals surface area contributed by atoms with Crippen molar-refractivity contribution in [2.45, 2.75) is 63.6 Å². The molecule has 1 aromatic carbocycles. The predicted octanol–water partition coefficient (Wildman–Crippen LogP) is 5.04. The Balaban J connectivity index is 1.15. The second-order valence-electron chi connectivity index (χ2n) is 9.45. The lowest BCUT2D eigenvalue weighted by molar-refractivity contribution is -0.123. The van der Waals surface area contributed by atoms with Gasteiger partial charge in [-0.1, -0.05) is 24.3 Å². The van der Waals surface area contributed by atoms with E-state index in [1.165, 1.54) is 6.07 Å². The maximum absolute atomic E-state index is 14.1. The van der Waals surface area contributed by atoms with Gasteiger partial charge >= 0.3 is 0 Å². The summed E-state index contributed by atoms with van der Waals surface area (Å²) in [5, 5.41) is 21.7. The highest BCUT2D eigenvalue weighted by atomic mass is 19.1. The minimum atomic E-state index is -1.24. The molecule has 3 N–H and O–H groups in total. The zero-order chi connectivity index (χ0) is 26.1. The van der Waals surface area contributed by atoms with E-state index in [1.807, 2.05) is 13.0 Å². The summed E-state index contributed by atoms with van der Waals surface area (Å²) in [6, 6.07) is 8.02. The van der Waals surface area contributed by atoms with Crippen LogP contribution in [0.4, 0.5) is 10.2 Å². The number of nitrogens with one attached hydrogen (secondary N) is 2. The molecule has 2 atom stereocenters. The van der Waals surface area contributed by atoms with Crippen LogP contribution in [-0.2, 0) is 10.4 Å². The van der Waals surface area contributed by atoms with Crippen molar-refractivity contribution in [1.82, 2.24) is 10.4 Å². The van der Waals surface area contributed by atoms with Crippen LogP contribution in [-0.4, -0.2) is 35.3 Å². The highest BCUT2D eigenvalue weighted by molar-refractivity contribution is 5.96. The monoisotopic (exact) mass is 511 g/mol. The van der Waals surface area contributed by atoms with Crippen LogP contribution in [0.2, 0.25) is 0 Å². The summed E-state index contributed by atoms with van der Waals surface area (Å²) >= 11 is 0. The van der Waals surface area contributed by atoms with E-state index in [1.54, 1.807) is 36.7 Å². The number of pyridine rings is 1. The average Bonchev–Trinajstić information content (AvgIpc) is 3.74. The number of nitrogens with zero attached hydrogens (tertiary/aromatic N) is 3. The molecule has 198 valence electrons. The number of rotatable bonds is 14. The minimum absolute atomic E-state index is 0.122. The normalized spacial score (nSPS) is 18.8. The molecule has 1 aliphatic carbocycles. The Hall–Kier alpha value is -3.53. The van der Waals surface area contributed by atoms with Gasteiger partial charge in [-0.2, -0.15) is 0 Å². The SMILES string of the molecule is CC[C@@](O)(CN/N=N\C=C\CCCCC1Oc2cccnc2NC1=O)c1ccc(F)c(OCC2CC2)c1. The smallest absolute Gasteiger partial charge is 0.266 e. The molecule has 9 nitrogen and oxygen atoms in total. The van der Waals surface area contributed by atoms with Crippen molar-refractivity contribution >= 4 is 11.7 Å². The summed E-state index contributed by atoms with van der Waals surface area (Å²) in [6.45, 7) is 2.47. The lowest BCUT2D eigenvalue weighted by Crippen LogP contribution is -2.37. The zero-order valence-corrected chi connectivity index (χ0v) is 21.0. The van der Waals surface area contributed by atoms with Crippen molar-refractivity contribution in [3.8, 4) is 11.5 Å². The number of aliphatic hydroxyl groups is 1. The van der Waals surface area contributed by atoms with Crippen LogP contribution < -0.4 is 20.2 Å². The molecular formula is C27H34FN5O4. The molecule has 2 aromatic rings. The highest BCUT2D eigenvalue weighted by Crippen LogP contribution is 2.33. The molecule has 1 saturated carbocycles. The van der Waals surface area contributed by atoms with Gasteiger partial charge in [-0.15, -0.1) is 5.11 Å². The third kappa shape index (κ3) is 7.48. The Morgan fingerprint density at radius 1 is 1.35 bits per heavy atom. The largest absolute Gasteiger partial charge is 0.490 e. The van der Waals surface area contributed by atoms with Gasteiger partial charge in [0.1, 0.15) is 5.60 Å². The van der Waals surface area contributed by atoms with E-state index in [4.69, 9.17) is 9.47 Å². The molecule has 0 radical (unpaired) electrons. The predicted molar refractivity (Wildman–Crippen MR) is 137 cm³/mol. The Morgan fingerprint density at radius 3 is 3.03 bits per heavy atom. The Morgan fingerprint density at radius 2 is 2.22 bits per heavy atom. The second-order valence-corrected chi connectivity index (χ2v) is 9.45. The first-order chi connectivity index (χ1) is 18.0. The molecule has 4 rings (SSSR count). The lowest BCUT2D eigenvalue weighted by atomic mass is 9.91. The van der Waals surface area contributed by atoms with Crippen molar-refractivity contribution in [3.63, 3.8) is 0 Å². The molecule has 0 saturated heterocycles. The quantitative estimate of drug-likeness (QED) is 0.186. The number of halogens is 1. The van der Waals surface area contributed by atoms with Gasteiger partial charge in [0, 0.05) is 12.4 Å². The Kier molecular flexibility index (Phi) is 9.05. The molecule has 0 spiro atoms. The number of ether oxygens (including phenoxy) is 2. The van der Waals surface area contributed by atoms with Gasteiger partial charge in [0.15, 0.2) is 29.2 Å². The first-order valence-corrected chi connectivity index (χ1v) is 12.8. The first kappa shape index (κ1) is 26.5. The van der Waals surface area contributed by atoms with Gasteiger partial charge in [0.05, 0.1) is 13.2 Å². The molecule has 1 unspecified atom stereocenters. The number of allylic oxidation sites excluding steroid dienone is 1. The molecule has 1 aromatic heterocycles. The molecule has 37 heavy (non-hydrogen) atoms. The van der Waals surface area contributed by atoms with E-state index in [0.29, 0.717) is 42.5 Å². The number of unbranched alkanes of at least 4 members (excludes halogenated alkanes) is 2. The van der Waals surface area contributed by atoms with Crippen molar-refractivity contribution in [1.29, 1.82) is 0 Å². The fraction of sp³-hybridized carbons (Fsp3) is 0.481. The number of fused-ring (bicyclic) bond motifs is 1. The van der Waals surface area contributed by atoms with Gasteiger partial charge in [0.25, 0.3) is 5.91 Å². The number of hydrogen-bond acceptors (Lipinski definition) is 7. The molecule has 1 aliphatic heterocycles. The molecule has 2 aliphatic rings. The van der Waals surface area contributed by atoms with Crippen molar-refractivity contribution in [3.05, 3.63) is 60.2 Å². The number of carbonyl (C=O) groups excluding carboxylic acids is 1. The summed E-state index contributed by atoms with van der Waals surface area (Å²) in [6.07, 6.45) is 10.3. The Labute approximate surface area is 216 Å². The molecule has 2 heterocycles. The standard InChI is InChI=1S/C27H34FN5O4/c1-2-27(35,20-12-13-21(28)24(16-20)36-17-19-10-11-19)18-31-33-30-15-6-4-3-5-8-23-26(34)32-25-22(37-23)9-7-14-29-25/h6-7,9,12-16,19,23,35H,2-5,8,10-11,17-18H2,1H3,(H,30,31)(H,29,32,34)/b15-6+/t23?,27-/m1/s1. The molecule has 10 heteroatoms. The molecule has 1 amide bonds. The van der Waals surface area contributed by atoms with E-state index in [-0.39, 0.29) is 18.2 Å². The number of amides is 1. The fourth-order valence-electron chi connectivity index (χ4n) is 3.95. The summed E-state index contributed by atoms with van der Waals surface area (Å²) < 4.78 is 25.5. The van der Waals surface area contributed by atoms with E-state index in [2.05, 4.69) is 26.1 Å². The van der Waals surface area contributed by atoms with Crippen LogP contribution in [0, 0.1) is 11.7 Å². The number of benzene rings is 1. The van der Waals surface area contributed by atoms with Crippen molar-refractivity contribution in [2.24, 2.45) is 16.3 Å². The van der Waals surface area contributed by atoms with Crippen LogP contribution >= 0.6 is 0 Å². The highest BCUT2D eigenvalue weighted by Gasteiger charge is 2.29. The van der Waals surface area contributed by atoms with E-state index in [0.717, 1.165) is 32.1 Å². The zero-order valence-electron chi connectivity index (χ0n) is 21.0. The van der Waals surface area contributed by atoms with Crippen molar-refractivity contribution in [2.75, 3.05) is 18.5 Å². The molecular weight excluding hydrogens is 477 g/mol. The van der Waals surface area contributed by atoms with Gasteiger partial charge in [-0.3, -0.25) is 10.2 Å². The number of aromatic nitrogens is 1. The maximum atomic E-state index is 14.1. The number of anilines is 1. The van der Waals surface area contributed by atoms with E-state index in [9.17, 15) is 14.3 Å². The van der Waals surface area contributed by atoms with E-state index < -0.39 is 17.5 Å². The first-order valence-electron chi connectivity index (χ1n) is 12.8.